The number of nitrogens with zero attached hydrogens (tertiary/aromatic N) is 1. The molecular formula is C21H25N3O5S2. The lowest BCUT2D eigenvalue weighted by Crippen LogP contribution is -2.53. The number of carbonyl (C=O) groups excluding carboxylic acids is 1. The third-order valence-electron chi connectivity index (χ3n) is 5.89. The Labute approximate surface area is 188 Å². The normalized spacial score (nSPS) is 22.1. The molecule has 0 bridgehead atoms. The summed E-state index contributed by atoms with van der Waals surface area (Å²) in [6, 6.07) is 4.96. The number of nitrogens with one attached hydrogen (secondary N) is 2. The molecule has 4 rings (SSSR count). The number of para-hydroxylation sites is 1. The summed E-state index contributed by atoms with van der Waals surface area (Å²) in [6.07, 6.45) is 2.40. The van der Waals surface area contributed by atoms with Crippen molar-refractivity contribution in [1.29, 1.82) is 0 Å². The van der Waals surface area contributed by atoms with E-state index < -0.39 is 30.1 Å². The van der Waals surface area contributed by atoms with E-state index in [1.807, 2.05) is 24.3 Å². The molecule has 2 aliphatic heterocycles. The highest BCUT2D eigenvalue weighted by Gasteiger charge is 2.52. The van der Waals surface area contributed by atoms with Gasteiger partial charge in [-0.25, -0.2) is 4.79 Å². The number of carbonyl (C=O) groups is 3. The van der Waals surface area contributed by atoms with Gasteiger partial charge in [0.05, 0.1) is 10.1 Å². The molecule has 2 aromatic rings. The van der Waals surface area contributed by atoms with Gasteiger partial charge in [0.25, 0.3) is 0 Å². The molecule has 2 unspecified atom stereocenters. The van der Waals surface area contributed by atoms with Crippen LogP contribution in [0.15, 0.2) is 30.5 Å². The van der Waals surface area contributed by atoms with Crippen molar-refractivity contribution in [2.24, 2.45) is 0 Å². The predicted molar refractivity (Wildman–Crippen MR) is 121 cm³/mol. The number of benzene rings is 1. The van der Waals surface area contributed by atoms with Gasteiger partial charge in [0.15, 0.2) is 0 Å². The highest BCUT2D eigenvalue weighted by molar-refractivity contribution is 8.21. The van der Waals surface area contributed by atoms with E-state index >= 15 is 0 Å². The number of aromatic amines is 1. The topological polar surface area (TPSA) is 123 Å². The Morgan fingerprint density at radius 1 is 1.26 bits per heavy atom. The molecule has 1 aromatic carbocycles. The van der Waals surface area contributed by atoms with Crippen molar-refractivity contribution in [2.45, 2.75) is 42.0 Å². The van der Waals surface area contributed by atoms with E-state index in [-0.39, 0.29) is 16.4 Å². The van der Waals surface area contributed by atoms with Gasteiger partial charge in [-0.1, -0.05) is 18.2 Å². The van der Waals surface area contributed by atoms with Crippen LogP contribution in [-0.4, -0.2) is 78.2 Å². The first-order chi connectivity index (χ1) is 14.8. The molecule has 3 heterocycles. The van der Waals surface area contributed by atoms with Crippen LogP contribution in [0.3, 0.4) is 0 Å². The fraction of sp³-hybridized carbons (Fsp3) is 0.476. The maximum Gasteiger partial charge on any atom is 0.326 e. The van der Waals surface area contributed by atoms with Crippen molar-refractivity contribution in [3.8, 4) is 0 Å². The minimum atomic E-state index is -1.06. The Morgan fingerprint density at radius 2 is 1.97 bits per heavy atom. The molecule has 4 N–H and O–H groups in total. The SMILES string of the molecule is C[C@H](NC(Cc1c[nH]c2ccccc12)C(=O)O)C(=O)N1CC2(CC1C(=O)O)SCCS2. The van der Waals surface area contributed by atoms with Crippen molar-refractivity contribution >= 4 is 52.3 Å². The summed E-state index contributed by atoms with van der Waals surface area (Å²) in [5.74, 6) is -0.557. The van der Waals surface area contributed by atoms with Gasteiger partial charge in [-0.15, -0.1) is 23.5 Å². The van der Waals surface area contributed by atoms with Crippen LogP contribution in [0.4, 0.5) is 0 Å². The highest BCUT2D eigenvalue weighted by atomic mass is 32.2. The molecule has 1 amide bonds. The van der Waals surface area contributed by atoms with Gasteiger partial charge in [-0.2, -0.15) is 0 Å². The molecule has 1 spiro atoms. The van der Waals surface area contributed by atoms with Crippen LogP contribution in [0, 0.1) is 0 Å². The standard InChI is InChI=1S/C21H25N3O5S2/c1-12(18(25)24-11-21(30-6-7-31-21)9-17(24)20(28)29)23-16(19(26)27)8-13-10-22-15-5-3-2-4-14(13)15/h2-5,10,12,16-17,22-23H,6-9,11H2,1H3,(H,26,27)(H,28,29)/t12-,16?,17?/m0/s1. The summed E-state index contributed by atoms with van der Waals surface area (Å²) in [7, 11) is 0. The van der Waals surface area contributed by atoms with Crippen LogP contribution in [0.5, 0.6) is 0 Å². The first-order valence-corrected chi connectivity index (χ1v) is 12.1. The Hall–Kier alpha value is -2.17. The van der Waals surface area contributed by atoms with Crippen molar-refractivity contribution in [1.82, 2.24) is 15.2 Å². The van der Waals surface area contributed by atoms with Gasteiger partial charge < -0.3 is 20.1 Å². The average Bonchev–Trinajstić information content (AvgIpc) is 3.46. The number of rotatable bonds is 7. The second kappa shape index (κ2) is 8.76. The molecule has 166 valence electrons. The van der Waals surface area contributed by atoms with Crippen LogP contribution in [0.2, 0.25) is 0 Å². The van der Waals surface area contributed by atoms with E-state index in [9.17, 15) is 24.6 Å². The number of aromatic nitrogens is 1. The molecule has 0 radical (unpaired) electrons. The number of carboxylic acids is 2. The van der Waals surface area contributed by atoms with E-state index in [2.05, 4.69) is 10.3 Å². The van der Waals surface area contributed by atoms with Gasteiger partial charge in [0, 0.05) is 48.0 Å². The molecule has 2 aliphatic rings. The van der Waals surface area contributed by atoms with Crippen LogP contribution in [0.1, 0.15) is 18.9 Å². The van der Waals surface area contributed by atoms with Gasteiger partial charge in [-0.3, -0.25) is 14.9 Å². The number of H-pyrrole nitrogens is 1. The zero-order chi connectivity index (χ0) is 22.2. The summed E-state index contributed by atoms with van der Waals surface area (Å²) >= 11 is 3.43. The Kier molecular flexibility index (Phi) is 6.23. The fourth-order valence-electron chi connectivity index (χ4n) is 4.36. The Bertz CT molecular complexity index is 1000. The largest absolute Gasteiger partial charge is 0.480 e. The number of aliphatic carboxylic acids is 2. The van der Waals surface area contributed by atoms with Gasteiger partial charge >= 0.3 is 11.9 Å². The molecule has 31 heavy (non-hydrogen) atoms. The number of fused-ring (bicyclic) bond motifs is 1. The second-order valence-electron chi connectivity index (χ2n) is 7.97. The third-order valence-corrected chi connectivity index (χ3v) is 9.32. The number of amides is 1. The van der Waals surface area contributed by atoms with E-state index in [0.29, 0.717) is 13.0 Å². The smallest absolute Gasteiger partial charge is 0.326 e. The average molecular weight is 464 g/mol. The first-order valence-electron chi connectivity index (χ1n) is 10.1. The Balaban J connectivity index is 1.48. The molecule has 3 atom stereocenters. The molecule has 0 saturated carbocycles. The molecule has 2 saturated heterocycles. The number of hydrogen-bond donors (Lipinski definition) is 4. The summed E-state index contributed by atoms with van der Waals surface area (Å²) in [5.41, 5.74) is 1.77. The first kappa shape index (κ1) is 22.0. The zero-order valence-corrected chi connectivity index (χ0v) is 18.7. The third kappa shape index (κ3) is 4.42. The van der Waals surface area contributed by atoms with Crippen LogP contribution < -0.4 is 5.32 Å². The second-order valence-corrected chi connectivity index (χ2v) is 11.2. The van der Waals surface area contributed by atoms with Crippen molar-refractivity contribution in [3.05, 3.63) is 36.0 Å². The fourth-order valence-corrected chi connectivity index (χ4v) is 7.61. The van der Waals surface area contributed by atoms with Crippen molar-refractivity contribution < 1.29 is 24.6 Å². The lowest BCUT2D eigenvalue weighted by molar-refractivity contribution is -0.149. The predicted octanol–water partition coefficient (Wildman–Crippen LogP) is 2.00. The lowest BCUT2D eigenvalue weighted by Gasteiger charge is -2.28. The van der Waals surface area contributed by atoms with E-state index in [1.165, 1.54) is 4.90 Å². The maximum atomic E-state index is 13.2. The summed E-state index contributed by atoms with van der Waals surface area (Å²) < 4.78 is -0.269. The minimum Gasteiger partial charge on any atom is -0.480 e. The number of likely N-dealkylation sites (tertiary alicyclic amines) is 1. The molecule has 8 nitrogen and oxygen atoms in total. The van der Waals surface area contributed by atoms with Crippen molar-refractivity contribution in [3.63, 3.8) is 0 Å². The van der Waals surface area contributed by atoms with Crippen LogP contribution >= 0.6 is 23.5 Å². The van der Waals surface area contributed by atoms with E-state index in [0.717, 1.165) is 28.0 Å². The molecule has 0 aliphatic carbocycles. The maximum absolute atomic E-state index is 13.2. The molecule has 1 aromatic heterocycles. The van der Waals surface area contributed by atoms with Gasteiger partial charge in [-0.05, 0) is 18.6 Å². The zero-order valence-electron chi connectivity index (χ0n) is 17.0. The quantitative estimate of drug-likeness (QED) is 0.492. The molecular weight excluding hydrogens is 438 g/mol. The Morgan fingerprint density at radius 3 is 2.65 bits per heavy atom. The number of hydrogen-bond acceptors (Lipinski definition) is 6. The molecule has 2 fully saturated rings. The van der Waals surface area contributed by atoms with E-state index in [1.54, 1.807) is 36.6 Å². The van der Waals surface area contributed by atoms with Crippen molar-refractivity contribution in [2.75, 3.05) is 18.1 Å². The van der Waals surface area contributed by atoms with Gasteiger partial charge in [0.1, 0.15) is 12.1 Å². The van der Waals surface area contributed by atoms with Crippen LogP contribution in [-0.2, 0) is 20.8 Å². The summed E-state index contributed by atoms with van der Waals surface area (Å²) in [4.78, 5) is 41.4. The highest BCUT2D eigenvalue weighted by Crippen LogP contribution is 2.51. The minimum absolute atomic E-state index is 0.203. The number of thioether (sulfide) groups is 2. The monoisotopic (exact) mass is 463 g/mol. The summed E-state index contributed by atoms with van der Waals surface area (Å²) in [5, 5.41) is 23.3. The number of carboxylic acid groups (broad SMARTS) is 2. The van der Waals surface area contributed by atoms with E-state index in [4.69, 9.17) is 0 Å². The lowest BCUT2D eigenvalue weighted by atomic mass is 10.0. The van der Waals surface area contributed by atoms with Gasteiger partial charge in [0.2, 0.25) is 5.91 Å². The van der Waals surface area contributed by atoms with Crippen LogP contribution in [0.25, 0.3) is 10.9 Å². The summed E-state index contributed by atoms with van der Waals surface area (Å²) in [6.45, 7) is 1.97. The molecule has 10 heteroatoms.